The normalized spacial score (nSPS) is 19.6. The van der Waals surface area contributed by atoms with Gasteiger partial charge in [-0.15, -0.1) is 6.58 Å². The summed E-state index contributed by atoms with van der Waals surface area (Å²) in [6, 6.07) is 0. The number of hydrogen-bond donors (Lipinski definition) is 0. The zero-order chi connectivity index (χ0) is 10.4. The van der Waals surface area contributed by atoms with E-state index in [9.17, 15) is 0 Å². The summed E-state index contributed by atoms with van der Waals surface area (Å²) in [7, 11) is 0. The third kappa shape index (κ3) is 3.24. The molecular weight excluding hydrogens is 171 g/mol. The van der Waals surface area contributed by atoms with E-state index in [0.29, 0.717) is 5.92 Å². The molecule has 0 amide bonds. The van der Waals surface area contributed by atoms with Crippen molar-refractivity contribution in [2.45, 2.75) is 39.3 Å². The van der Waals surface area contributed by atoms with Crippen molar-refractivity contribution in [3.05, 3.63) is 24.4 Å². The Labute approximate surface area is 88.3 Å². The number of ether oxygens (including phenoxy) is 1. The van der Waals surface area contributed by atoms with Crippen LogP contribution >= 0.6 is 0 Å². The van der Waals surface area contributed by atoms with Crippen molar-refractivity contribution in [3.8, 4) is 0 Å². The number of rotatable bonds is 5. The molecule has 0 radical (unpaired) electrons. The van der Waals surface area contributed by atoms with Crippen LogP contribution in [0.2, 0.25) is 12.6 Å². The number of hydrogen-bond acceptors (Lipinski definition) is 1. The lowest BCUT2D eigenvalue weighted by atomic mass is 9.48. The summed E-state index contributed by atoms with van der Waals surface area (Å²) in [5.41, 5.74) is 0. The minimum atomic E-state index is 0.357. The van der Waals surface area contributed by atoms with Crippen LogP contribution in [0.3, 0.4) is 0 Å². The summed E-state index contributed by atoms with van der Waals surface area (Å²) in [4.78, 5) is 0. The topological polar surface area (TPSA) is 9.23 Å². The van der Waals surface area contributed by atoms with Crippen LogP contribution in [-0.4, -0.2) is 13.3 Å². The van der Waals surface area contributed by atoms with Gasteiger partial charge in [0.25, 0.3) is 0 Å². The molecule has 0 aromatic heterocycles. The van der Waals surface area contributed by atoms with Crippen LogP contribution in [0.4, 0.5) is 0 Å². The Balaban J connectivity index is 2.58. The highest BCUT2D eigenvalue weighted by atomic mass is 16.5. The summed E-state index contributed by atoms with van der Waals surface area (Å²) < 4.78 is 5.65. The van der Waals surface area contributed by atoms with E-state index in [1.165, 1.54) is 25.5 Å². The van der Waals surface area contributed by atoms with Crippen molar-refractivity contribution in [1.82, 2.24) is 0 Å². The van der Waals surface area contributed by atoms with Gasteiger partial charge in [0, 0.05) is 5.92 Å². The van der Waals surface area contributed by atoms with Gasteiger partial charge in [-0.05, 0) is 6.92 Å². The summed E-state index contributed by atoms with van der Waals surface area (Å²) in [5, 5.41) is 0. The first-order chi connectivity index (χ1) is 6.77. The second kappa shape index (κ2) is 5.95. The third-order valence-electron chi connectivity index (χ3n) is 2.91. The largest absolute Gasteiger partial charge is 0.499 e. The van der Waals surface area contributed by atoms with E-state index in [1.807, 2.05) is 13.0 Å². The van der Waals surface area contributed by atoms with Gasteiger partial charge in [-0.1, -0.05) is 44.5 Å². The zero-order valence-corrected chi connectivity index (χ0v) is 9.46. The SMILES string of the molecule is C=CC(C)C(=CB1CCCC1)OCC. The van der Waals surface area contributed by atoms with Crippen LogP contribution in [0.1, 0.15) is 26.7 Å². The van der Waals surface area contributed by atoms with Crippen LogP contribution in [0.5, 0.6) is 0 Å². The molecule has 1 nitrogen and oxygen atoms in total. The molecule has 0 aromatic carbocycles. The highest BCUT2D eigenvalue weighted by Crippen LogP contribution is 2.23. The van der Waals surface area contributed by atoms with Crippen molar-refractivity contribution in [2.24, 2.45) is 5.92 Å². The molecule has 1 aliphatic rings. The molecule has 0 N–H and O–H groups in total. The Bertz CT molecular complexity index is 204. The molecule has 1 aliphatic heterocycles. The van der Waals surface area contributed by atoms with E-state index in [-0.39, 0.29) is 0 Å². The molecule has 14 heavy (non-hydrogen) atoms. The number of allylic oxidation sites excluding steroid dienone is 1. The molecule has 0 aromatic rings. The molecule has 0 bridgehead atoms. The fraction of sp³-hybridized carbons (Fsp3) is 0.667. The van der Waals surface area contributed by atoms with E-state index in [1.54, 1.807) is 0 Å². The van der Waals surface area contributed by atoms with Crippen LogP contribution in [0.25, 0.3) is 0 Å². The van der Waals surface area contributed by atoms with Crippen molar-refractivity contribution in [3.63, 3.8) is 0 Å². The molecule has 0 aliphatic carbocycles. The van der Waals surface area contributed by atoms with Gasteiger partial charge in [-0.2, -0.15) is 0 Å². The fourth-order valence-corrected chi connectivity index (χ4v) is 1.97. The highest BCUT2D eigenvalue weighted by Gasteiger charge is 2.19. The van der Waals surface area contributed by atoms with Gasteiger partial charge < -0.3 is 4.74 Å². The van der Waals surface area contributed by atoms with E-state index in [4.69, 9.17) is 4.74 Å². The minimum absolute atomic E-state index is 0.357. The Morgan fingerprint density at radius 1 is 1.50 bits per heavy atom. The van der Waals surface area contributed by atoms with E-state index in [0.717, 1.165) is 19.1 Å². The predicted octanol–water partition coefficient (Wildman–Crippen LogP) is 3.56. The standard InChI is InChI=1S/C12H21BO/c1-4-11(3)12(14-5-2)10-13-8-6-7-9-13/h4,10-11H,1,5-9H2,2-3H3. The smallest absolute Gasteiger partial charge is 0.170 e. The second-order valence-electron chi connectivity index (χ2n) is 4.07. The van der Waals surface area contributed by atoms with E-state index < -0.39 is 0 Å². The average molecular weight is 192 g/mol. The summed E-state index contributed by atoms with van der Waals surface area (Å²) >= 11 is 0. The van der Waals surface area contributed by atoms with Gasteiger partial charge >= 0.3 is 0 Å². The summed E-state index contributed by atoms with van der Waals surface area (Å²) in [6.07, 6.45) is 7.38. The lowest BCUT2D eigenvalue weighted by molar-refractivity contribution is 0.207. The molecule has 0 spiro atoms. The van der Waals surface area contributed by atoms with Crippen LogP contribution in [0, 0.1) is 5.92 Å². The molecule has 1 fully saturated rings. The second-order valence-corrected chi connectivity index (χ2v) is 4.07. The molecule has 2 heteroatoms. The van der Waals surface area contributed by atoms with Gasteiger partial charge in [0.05, 0.1) is 12.4 Å². The van der Waals surface area contributed by atoms with Crippen molar-refractivity contribution >= 4 is 6.71 Å². The van der Waals surface area contributed by atoms with Gasteiger partial charge in [-0.3, -0.25) is 0 Å². The summed E-state index contributed by atoms with van der Waals surface area (Å²) in [6.45, 7) is 9.51. The predicted molar refractivity (Wildman–Crippen MR) is 63.7 cm³/mol. The molecule has 1 saturated heterocycles. The first-order valence-electron chi connectivity index (χ1n) is 5.75. The Hall–Kier alpha value is -0.655. The maximum absolute atomic E-state index is 5.65. The van der Waals surface area contributed by atoms with E-state index in [2.05, 4.69) is 19.5 Å². The van der Waals surface area contributed by atoms with Gasteiger partial charge in [0.1, 0.15) is 0 Å². The molecular formula is C12H21BO. The van der Waals surface area contributed by atoms with E-state index >= 15 is 0 Å². The lowest BCUT2D eigenvalue weighted by Gasteiger charge is -2.14. The fourth-order valence-electron chi connectivity index (χ4n) is 1.97. The van der Waals surface area contributed by atoms with Crippen LogP contribution in [-0.2, 0) is 4.74 Å². The highest BCUT2D eigenvalue weighted by molar-refractivity contribution is 6.65. The monoisotopic (exact) mass is 192 g/mol. The quantitative estimate of drug-likeness (QED) is 0.367. The molecule has 1 rings (SSSR count). The van der Waals surface area contributed by atoms with Crippen LogP contribution in [0.15, 0.2) is 24.4 Å². The Morgan fingerprint density at radius 3 is 2.64 bits per heavy atom. The van der Waals surface area contributed by atoms with Crippen molar-refractivity contribution < 1.29 is 4.74 Å². The zero-order valence-electron chi connectivity index (χ0n) is 9.46. The van der Waals surface area contributed by atoms with Gasteiger partial charge in [-0.25, -0.2) is 0 Å². The Kier molecular flexibility index (Phi) is 4.85. The van der Waals surface area contributed by atoms with Crippen LogP contribution < -0.4 is 0 Å². The van der Waals surface area contributed by atoms with Crippen molar-refractivity contribution in [2.75, 3.05) is 6.61 Å². The lowest BCUT2D eigenvalue weighted by Crippen LogP contribution is -2.09. The minimum Gasteiger partial charge on any atom is -0.499 e. The third-order valence-corrected chi connectivity index (χ3v) is 2.91. The molecule has 78 valence electrons. The maximum Gasteiger partial charge on any atom is 0.170 e. The first-order valence-corrected chi connectivity index (χ1v) is 5.75. The maximum atomic E-state index is 5.65. The Morgan fingerprint density at radius 2 is 2.14 bits per heavy atom. The molecule has 0 saturated carbocycles. The first kappa shape index (κ1) is 11.4. The average Bonchev–Trinajstić information content (AvgIpc) is 2.68. The molecule has 1 heterocycles. The van der Waals surface area contributed by atoms with Gasteiger partial charge in [0.2, 0.25) is 0 Å². The summed E-state index contributed by atoms with van der Waals surface area (Å²) in [5.74, 6) is 3.80. The molecule has 1 unspecified atom stereocenters. The van der Waals surface area contributed by atoms with Gasteiger partial charge in [0.15, 0.2) is 6.71 Å². The van der Waals surface area contributed by atoms with Crippen molar-refractivity contribution in [1.29, 1.82) is 0 Å². The molecule has 1 atom stereocenters.